The van der Waals surface area contributed by atoms with Crippen molar-refractivity contribution < 1.29 is 19.1 Å². The number of fused-ring (bicyclic) bond motifs is 1. The fourth-order valence-electron chi connectivity index (χ4n) is 6.88. The normalized spacial score (nSPS) is 12.2. The molecule has 278 valence electrons. The lowest BCUT2D eigenvalue weighted by Crippen LogP contribution is -2.38. The van der Waals surface area contributed by atoms with Crippen LogP contribution in [0.4, 0.5) is 10.7 Å². The highest BCUT2D eigenvalue weighted by Crippen LogP contribution is 2.42. The van der Waals surface area contributed by atoms with Crippen molar-refractivity contribution >= 4 is 28.9 Å². The zero-order valence-corrected chi connectivity index (χ0v) is 31.4. The Labute approximate surface area is 315 Å². The number of imidazole rings is 1. The van der Waals surface area contributed by atoms with E-state index in [1.807, 2.05) is 61.9 Å². The number of alkyl carbamates (subject to hydrolysis) is 1. The van der Waals surface area contributed by atoms with Gasteiger partial charge in [0.15, 0.2) is 0 Å². The van der Waals surface area contributed by atoms with E-state index in [1.165, 1.54) is 0 Å². The fraction of sp³-hybridized carbons (Fsp3) is 0.273. The first-order valence-electron chi connectivity index (χ1n) is 18.3. The zero-order valence-electron chi connectivity index (χ0n) is 31.4. The number of benzene rings is 4. The molecule has 4 aromatic carbocycles. The number of carbonyl (C=O) groups is 2. The van der Waals surface area contributed by atoms with Crippen LogP contribution in [-0.2, 0) is 21.6 Å². The van der Waals surface area contributed by atoms with Gasteiger partial charge in [0.25, 0.3) is 0 Å². The first-order chi connectivity index (χ1) is 26.0. The van der Waals surface area contributed by atoms with Gasteiger partial charge in [0.1, 0.15) is 16.7 Å². The highest BCUT2D eigenvalue weighted by Gasteiger charge is 2.40. The topological polar surface area (TPSA) is 116 Å². The second-order valence-electron chi connectivity index (χ2n) is 14.1. The zero-order chi connectivity index (χ0) is 38.3. The predicted molar refractivity (Wildman–Crippen MR) is 212 cm³/mol. The minimum Gasteiger partial charge on any atom is -0.462 e. The first kappa shape index (κ1) is 37.6. The van der Waals surface area contributed by atoms with Crippen molar-refractivity contribution in [2.45, 2.75) is 64.8 Å². The molecule has 0 radical (unpaired) electrons. The Morgan fingerprint density at radius 2 is 1.44 bits per heavy atom. The minimum absolute atomic E-state index is 0.0375. The van der Waals surface area contributed by atoms with Gasteiger partial charge in [-0.15, -0.1) is 0 Å². The van der Waals surface area contributed by atoms with Gasteiger partial charge in [-0.25, -0.2) is 14.6 Å². The largest absolute Gasteiger partial charge is 0.462 e. The van der Waals surface area contributed by atoms with Crippen molar-refractivity contribution in [1.29, 1.82) is 0 Å². The third-order valence-corrected chi connectivity index (χ3v) is 9.27. The molecule has 0 fully saturated rings. The fourth-order valence-corrected chi connectivity index (χ4v) is 6.88. The molecule has 0 saturated carbocycles. The highest BCUT2D eigenvalue weighted by molar-refractivity contribution is 5.94. The van der Waals surface area contributed by atoms with Crippen LogP contribution in [0.3, 0.4) is 0 Å². The van der Waals surface area contributed by atoms with E-state index in [0.29, 0.717) is 36.4 Å². The van der Waals surface area contributed by atoms with Crippen LogP contribution in [0.15, 0.2) is 133 Å². The number of ether oxygens (including phenoxy) is 2. The Kier molecular flexibility index (Phi) is 11.3. The summed E-state index contributed by atoms with van der Waals surface area (Å²) in [6.07, 6.45) is 5.38. The third-order valence-electron chi connectivity index (χ3n) is 9.27. The number of carbonyl (C=O) groups excluding carboxylic acids is 2. The van der Waals surface area contributed by atoms with E-state index in [4.69, 9.17) is 14.5 Å². The number of pyridine rings is 1. The monoisotopic (exact) mass is 725 g/mol. The van der Waals surface area contributed by atoms with Gasteiger partial charge in [-0.3, -0.25) is 9.36 Å². The lowest BCUT2D eigenvalue weighted by Gasteiger charge is -2.38. The molecule has 10 nitrogen and oxygen atoms in total. The SMILES string of the molecule is CCOC(=O)c1cn(CCCNC(=O)OC(C)(C)C)c2cc(C(C)Nc3nccn3C(c3ccccc3)(c3ccccc3)c3ccccc3)ccc2c1=O. The lowest BCUT2D eigenvalue weighted by molar-refractivity contribution is 0.0516. The molecular weight excluding hydrogens is 679 g/mol. The standard InChI is InChI=1S/C44H47N5O5/c1-6-53-40(51)37-30-48(27-16-25-46-42(52)54-43(3,4)5)38-29-32(23-24-36(38)39(37)50)31(2)47-41-45-26-28-49(41)44(33-17-10-7-11-18-33,34-19-12-8-13-20-34)35-21-14-9-15-22-35/h7-15,17-24,26,28-31H,6,16,25,27H2,1-5H3,(H,45,47)(H,46,52). The molecule has 0 bridgehead atoms. The molecule has 6 rings (SSSR count). The molecule has 2 N–H and O–H groups in total. The molecule has 2 aromatic heterocycles. The number of aromatic nitrogens is 3. The predicted octanol–water partition coefficient (Wildman–Crippen LogP) is 8.30. The number of esters is 1. The summed E-state index contributed by atoms with van der Waals surface area (Å²) in [6.45, 7) is 10.1. The van der Waals surface area contributed by atoms with Gasteiger partial charge in [0, 0.05) is 37.1 Å². The summed E-state index contributed by atoms with van der Waals surface area (Å²) in [4.78, 5) is 43.6. The maximum absolute atomic E-state index is 13.6. The van der Waals surface area contributed by atoms with Crippen LogP contribution in [0.25, 0.3) is 10.9 Å². The molecule has 1 amide bonds. The average molecular weight is 726 g/mol. The van der Waals surface area contributed by atoms with Crippen LogP contribution >= 0.6 is 0 Å². The number of nitrogens with one attached hydrogen (secondary N) is 2. The molecule has 2 heterocycles. The summed E-state index contributed by atoms with van der Waals surface area (Å²) in [5.74, 6) is -0.0165. The lowest BCUT2D eigenvalue weighted by atomic mass is 9.76. The van der Waals surface area contributed by atoms with E-state index in [1.54, 1.807) is 25.4 Å². The Morgan fingerprint density at radius 1 is 0.852 bits per heavy atom. The van der Waals surface area contributed by atoms with E-state index in [2.05, 4.69) is 94.9 Å². The van der Waals surface area contributed by atoms with Crippen LogP contribution < -0.4 is 16.1 Å². The summed E-state index contributed by atoms with van der Waals surface area (Å²) in [6, 6.07) is 36.6. The molecule has 1 atom stereocenters. The average Bonchev–Trinajstić information content (AvgIpc) is 3.63. The number of aryl methyl sites for hydroxylation is 1. The molecule has 1 unspecified atom stereocenters. The number of amides is 1. The Morgan fingerprint density at radius 3 is 2.00 bits per heavy atom. The van der Waals surface area contributed by atoms with Crippen molar-refractivity contribution in [3.8, 4) is 0 Å². The van der Waals surface area contributed by atoms with Gasteiger partial charge < -0.3 is 24.7 Å². The number of hydrogen-bond acceptors (Lipinski definition) is 7. The van der Waals surface area contributed by atoms with E-state index in [-0.39, 0.29) is 18.2 Å². The Bertz CT molecular complexity index is 2160. The number of rotatable bonds is 13. The van der Waals surface area contributed by atoms with Crippen molar-refractivity contribution in [2.75, 3.05) is 18.5 Å². The second kappa shape index (κ2) is 16.2. The number of hydrogen-bond donors (Lipinski definition) is 2. The summed E-state index contributed by atoms with van der Waals surface area (Å²) in [5, 5.41) is 6.86. The van der Waals surface area contributed by atoms with Crippen LogP contribution in [0.1, 0.15) is 79.7 Å². The van der Waals surface area contributed by atoms with Crippen LogP contribution in [-0.4, -0.2) is 44.9 Å². The van der Waals surface area contributed by atoms with E-state index >= 15 is 0 Å². The van der Waals surface area contributed by atoms with Gasteiger partial charge in [-0.05, 0) is 75.4 Å². The van der Waals surface area contributed by atoms with Crippen molar-refractivity contribution in [3.05, 3.63) is 166 Å². The number of anilines is 1. The van der Waals surface area contributed by atoms with Crippen molar-refractivity contribution in [2.24, 2.45) is 0 Å². The molecule has 0 aliphatic carbocycles. The van der Waals surface area contributed by atoms with Gasteiger partial charge >= 0.3 is 12.1 Å². The number of nitrogens with zero attached hydrogens (tertiary/aromatic N) is 3. The minimum atomic E-state index is -0.761. The quantitative estimate of drug-likeness (QED) is 0.0699. The molecule has 0 saturated heterocycles. The van der Waals surface area contributed by atoms with Crippen molar-refractivity contribution in [1.82, 2.24) is 19.4 Å². The second-order valence-corrected chi connectivity index (χ2v) is 14.1. The van der Waals surface area contributed by atoms with Gasteiger partial charge in [0.2, 0.25) is 11.4 Å². The third kappa shape index (κ3) is 7.93. The summed E-state index contributed by atoms with van der Waals surface area (Å²) in [5.41, 5.74) is 2.98. The van der Waals surface area contributed by atoms with Gasteiger partial charge in [-0.1, -0.05) is 97.1 Å². The Hall–Kier alpha value is -6.16. The Balaban J connectivity index is 1.38. The molecule has 6 aromatic rings. The molecular formula is C44H47N5O5. The van der Waals surface area contributed by atoms with E-state index in [0.717, 1.165) is 22.3 Å². The smallest absolute Gasteiger partial charge is 0.407 e. The molecule has 10 heteroatoms. The molecule has 0 aliphatic heterocycles. The van der Waals surface area contributed by atoms with Crippen LogP contribution in [0, 0.1) is 0 Å². The molecule has 0 aliphatic rings. The summed E-state index contributed by atoms with van der Waals surface area (Å²) in [7, 11) is 0. The van der Waals surface area contributed by atoms with Gasteiger partial charge in [-0.2, -0.15) is 0 Å². The maximum atomic E-state index is 13.6. The maximum Gasteiger partial charge on any atom is 0.407 e. The van der Waals surface area contributed by atoms with E-state index < -0.39 is 28.6 Å². The highest BCUT2D eigenvalue weighted by atomic mass is 16.6. The van der Waals surface area contributed by atoms with Crippen LogP contribution in [0.5, 0.6) is 0 Å². The first-order valence-corrected chi connectivity index (χ1v) is 18.3. The molecule has 0 spiro atoms. The van der Waals surface area contributed by atoms with Gasteiger partial charge in [0.05, 0.1) is 18.2 Å². The summed E-state index contributed by atoms with van der Waals surface area (Å²) >= 11 is 0. The van der Waals surface area contributed by atoms with E-state index in [9.17, 15) is 14.4 Å². The molecule has 54 heavy (non-hydrogen) atoms. The van der Waals surface area contributed by atoms with Crippen LogP contribution in [0.2, 0.25) is 0 Å². The summed E-state index contributed by atoms with van der Waals surface area (Å²) < 4.78 is 14.7. The van der Waals surface area contributed by atoms with Crippen molar-refractivity contribution in [3.63, 3.8) is 0 Å².